The van der Waals surface area contributed by atoms with E-state index in [4.69, 9.17) is 0 Å². The molecule has 0 aliphatic carbocycles. The minimum atomic E-state index is -0.857. The van der Waals surface area contributed by atoms with Crippen LogP contribution >= 0.6 is 11.8 Å². The van der Waals surface area contributed by atoms with Crippen molar-refractivity contribution < 1.29 is 14.0 Å². The number of hydrogen-bond donors (Lipinski definition) is 1. The average Bonchev–Trinajstić information content (AvgIpc) is 2.53. The van der Waals surface area contributed by atoms with Gasteiger partial charge < -0.3 is 10.2 Å². The van der Waals surface area contributed by atoms with Crippen molar-refractivity contribution in [3.05, 3.63) is 54.3 Å². The molecule has 0 bridgehead atoms. The average molecular weight is 316 g/mol. The standard InChI is InChI=1S/C16H13FN2O2S/c1-19-12-4-2-3-5-13(12)22-14(16(19)21)15(20)18-11-8-6-10(17)7-9-11/h2-9,14H,1H3,(H,18,20). The fraction of sp³-hybridized carbons (Fsp3) is 0.125. The monoisotopic (exact) mass is 316 g/mol. The highest BCUT2D eigenvalue weighted by molar-refractivity contribution is 8.01. The van der Waals surface area contributed by atoms with E-state index in [1.807, 2.05) is 24.3 Å². The molecule has 1 unspecified atom stereocenters. The summed E-state index contributed by atoms with van der Waals surface area (Å²) >= 11 is 1.22. The van der Waals surface area contributed by atoms with Gasteiger partial charge in [-0.15, -0.1) is 11.8 Å². The number of rotatable bonds is 2. The van der Waals surface area contributed by atoms with Gasteiger partial charge in [0.2, 0.25) is 11.8 Å². The van der Waals surface area contributed by atoms with Crippen molar-refractivity contribution in [2.24, 2.45) is 0 Å². The summed E-state index contributed by atoms with van der Waals surface area (Å²) in [6.45, 7) is 0. The van der Waals surface area contributed by atoms with E-state index in [1.165, 1.54) is 40.9 Å². The highest BCUT2D eigenvalue weighted by atomic mass is 32.2. The molecule has 3 rings (SSSR count). The number of anilines is 2. The van der Waals surface area contributed by atoms with Gasteiger partial charge in [-0.3, -0.25) is 9.59 Å². The molecule has 1 aliphatic heterocycles. The van der Waals surface area contributed by atoms with Crippen LogP contribution in [0.15, 0.2) is 53.4 Å². The van der Waals surface area contributed by atoms with Crippen LogP contribution in [-0.4, -0.2) is 24.1 Å². The molecular formula is C16H13FN2O2S. The summed E-state index contributed by atoms with van der Waals surface area (Å²) in [4.78, 5) is 27.1. The number of nitrogens with zero attached hydrogens (tertiary/aromatic N) is 1. The van der Waals surface area contributed by atoms with E-state index in [9.17, 15) is 14.0 Å². The number of benzene rings is 2. The predicted octanol–water partition coefficient (Wildman–Crippen LogP) is 2.90. The molecule has 1 heterocycles. The van der Waals surface area contributed by atoms with Crippen LogP contribution in [0, 0.1) is 5.82 Å². The van der Waals surface area contributed by atoms with E-state index >= 15 is 0 Å². The maximum absolute atomic E-state index is 12.9. The lowest BCUT2D eigenvalue weighted by atomic mass is 10.2. The molecule has 2 aromatic rings. The topological polar surface area (TPSA) is 49.4 Å². The Morgan fingerprint density at radius 2 is 1.86 bits per heavy atom. The van der Waals surface area contributed by atoms with Crippen molar-refractivity contribution in [1.29, 1.82) is 0 Å². The lowest BCUT2D eigenvalue weighted by Crippen LogP contribution is -2.44. The van der Waals surface area contributed by atoms with Gasteiger partial charge in [-0.1, -0.05) is 12.1 Å². The van der Waals surface area contributed by atoms with Gasteiger partial charge in [-0.25, -0.2) is 4.39 Å². The minimum absolute atomic E-state index is 0.275. The van der Waals surface area contributed by atoms with Gasteiger partial charge in [0.1, 0.15) is 5.82 Å². The molecule has 0 saturated heterocycles. The molecule has 0 saturated carbocycles. The third-order valence-electron chi connectivity index (χ3n) is 3.38. The molecule has 0 spiro atoms. The Morgan fingerprint density at radius 3 is 2.59 bits per heavy atom. The lowest BCUT2D eigenvalue weighted by Gasteiger charge is -2.30. The number of thioether (sulfide) groups is 1. The molecule has 4 nitrogen and oxygen atoms in total. The molecule has 2 aromatic carbocycles. The first kappa shape index (κ1) is 14.6. The fourth-order valence-corrected chi connectivity index (χ4v) is 3.37. The van der Waals surface area contributed by atoms with Crippen LogP contribution in [0.4, 0.5) is 15.8 Å². The van der Waals surface area contributed by atoms with E-state index < -0.39 is 11.2 Å². The van der Waals surface area contributed by atoms with E-state index in [0.29, 0.717) is 5.69 Å². The Labute approximate surface area is 131 Å². The molecular weight excluding hydrogens is 303 g/mol. The van der Waals surface area contributed by atoms with Crippen LogP contribution in [0.2, 0.25) is 0 Å². The van der Waals surface area contributed by atoms with Gasteiger partial charge >= 0.3 is 0 Å². The van der Waals surface area contributed by atoms with Crippen molar-refractivity contribution in [1.82, 2.24) is 0 Å². The lowest BCUT2D eigenvalue weighted by molar-refractivity contribution is -0.124. The van der Waals surface area contributed by atoms with E-state index in [0.717, 1.165) is 10.6 Å². The zero-order valence-electron chi connectivity index (χ0n) is 11.7. The third-order valence-corrected chi connectivity index (χ3v) is 4.63. The van der Waals surface area contributed by atoms with Crippen molar-refractivity contribution >= 4 is 35.0 Å². The fourth-order valence-electron chi connectivity index (χ4n) is 2.21. The zero-order chi connectivity index (χ0) is 15.7. The number of carbonyl (C=O) groups excluding carboxylic acids is 2. The van der Waals surface area contributed by atoms with Crippen LogP contribution in [0.1, 0.15) is 0 Å². The van der Waals surface area contributed by atoms with Crippen LogP contribution < -0.4 is 10.2 Å². The van der Waals surface area contributed by atoms with Crippen molar-refractivity contribution in [3.63, 3.8) is 0 Å². The smallest absolute Gasteiger partial charge is 0.249 e. The second-order valence-corrected chi connectivity index (χ2v) is 6.01. The molecule has 0 radical (unpaired) electrons. The molecule has 0 aromatic heterocycles. The first-order valence-corrected chi connectivity index (χ1v) is 7.54. The Balaban J connectivity index is 1.81. The number of para-hydroxylation sites is 1. The Morgan fingerprint density at radius 1 is 1.18 bits per heavy atom. The summed E-state index contributed by atoms with van der Waals surface area (Å²) < 4.78 is 12.9. The largest absolute Gasteiger partial charge is 0.325 e. The third kappa shape index (κ3) is 2.69. The second-order valence-electron chi connectivity index (χ2n) is 4.86. The summed E-state index contributed by atoms with van der Waals surface area (Å²) in [5.74, 6) is -1.07. The predicted molar refractivity (Wildman–Crippen MR) is 84.5 cm³/mol. The van der Waals surface area contributed by atoms with Crippen LogP contribution in [0.3, 0.4) is 0 Å². The van der Waals surface area contributed by atoms with Crippen molar-refractivity contribution in [3.8, 4) is 0 Å². The number of halogens is 1. The Hall–Kier alpha value is -2.34. The number of fused-ring (bicyclic) bond motifs is 1. The van der Waals surface area contributed by atoms with Gasteiger partial charge in [0.25, 0.3) is 0 Å². The molecule has 1 atom stereocenters. The summed E-state index contributed by atoms with van der Waals surface area (Å²) in [5.41, 5.74) is 1.25. The highest BCUT2D eigenvalue weighted by Gasteiger charge is 2.36. The van der Waals surface area contributed by atoms with Crippen LogP contribution in [-0.2, 0) is 9.59 Å². The maximum atomic E-state index is 12.9. The van der Waals surface area contributed by atoms with Crippen LogP contribution in [0.25, 0.3) is 0 Å². The number of nitrogens with one attached hydrogen (secondary N) is 1. The van der Waals surface area contributed by atoms with Crippen molar-refractivity contribution in [2.45, 2.75) is 10.1 Å². The van der Waals surface area contributed by atoms with Gasteiger partial charge in [0.05, 0.1) is 5.69 Å². The summed E-state index contributed by atoms with van der Waals surface area (Å²) in [7, 11) is 1.65. The Kier molecular flexibility index (Phi) is 3.85. The molecule has 112 valence electrons. The highest BCUT2D eigenvalue weighted by Crippen LogP contribution is 2.38. The normalized spacial score (nSPS) is 17.1. The van der Waals surface area contributed by atoms with E-state index in [1.54, 1.807) is 7.05 Å². The minimum Gasteiger partial charge on any atom is -0.325 e. The zero-order valence-corrected chi connectivity index (χ0v) is 12.6. The van der Waals surface area contributed by atoms with Crippen LogP contribution in [0.5, 0.6) is 0 Å². The quantitative estimate of drug-likeness (QED) is 0.867. The summed E-state index contributed by atoms with van der Waals surface area (Å²) in [5, 5.41) is 1.79. The van der Waals surface area contributed by atoms with Crippen molar-refractivity contribution in [2.75, 3.05) is 17.3 Å². The first-order valence-electron chi connectivity index (χ1n) is 6.66. The van der Waals surface area contributed by atoms with Gasteiger partial charge in [0.15, 0.2) is 5.25 Å². The second kappa shape index (κ2) is 5.81. The summed E-state index contributed by atoms with van der Waals surface area (Å²) in [6, 6.07) is 12.9. The van der Waals surface area contributed by atoms with E-state index in [-0.39, 0.29) is 11.7 Å². The molecule has 0 fully saturated rings. The maximum Gasteiger partial charge on any atom is 0.249 e. The Bertz CT molecular complexity index is 733. The summed E-state index contributed by atoms with van der Waals surface area (Å²) in [6.07, 6.45) is 0. The first-order chi connectivity index (χ1) is 10.6. The molecule has 1 N–H and O–H groups in total. The van der Waals surface area contributed by atoms with Gasteiger partial charge in [-0.2, -0.15) is 0 Å². The number of amides is 2. The molecule has 6 heteroatoms. The molecule has 1 aliphatic rings. The van der Waals surface area contributed by atoms with Gasteiger partial charge in [0, 0.05) is 17.6 Å². The van der Waals surface area contributed by atoms with Gasteiger partial charge in [-0.05, 0) is 36.4 Å². The molecule has 2 amide bonds. The number of hydrogen-bond acceptors (Lipinski definition) is 3. The number of carbonyl (C=O) groups is 2. The molecule has 22 heavy (non-hydrogen) atoms. The van der Waals surface area contributed by atoms with E-state index in [2.05, 4.69) is 5.32 Å². The SMILES string of the molecule is CN1C(=O)C(C(=O)Nc2ccc(F)cc2)Sc2ccccc21.